The van der Waals surface area contributed by atoms with Crippen molar-refractivity contribution < 1.29 is 4.74 Å². The highest BCUT2D eigenvalue weighted by Gasteiger charge is 2.33. The van der Waals surface area contributed by atoms with Crippen LogP contribution in [0.2, 0.25) is 0 Å². The molecule has 0 radical (unpaired) electrons. The summed E-state index contributed by atoms with van der Waals surface area (Å²) in [5.41, 5.74) is 18.4. The fraction of sp³-hybridized carbons (Fsp3) is 0.181. The highest BCUT2D eigenvalue weighted by atomic mass is 16.5. The van der Waals surface area contributed by atoms with Gasteiger partial charge in [-0.1, -0.05) is 184 Å². The minimum absolute atomic E-state index is 0.0394. The maximum Gasteiger partial charge on any atom is 0.137 e. The van der Waals surface area contributed by atoms with Gasteiger partial charge < -0.3 is 19.1 Å². The van der Waals surface area contributed by atoms with Gasteiger partial charge in [0.25, 0.3) is 0 Å². The molecule has 0 aliphatic carbocycles. The van der Waals surface area contributed by atoms with Crippen molar-refractivity contribution in [1.29, 1.82) is 0 Å². The molecule has 6 heteroatoms. The van der Waals surface area contributed by atoms with Crippen molar-refractivity contribution >= 4 is 66.4 Å². The minimum Gasteiger partial charge on any atom is -0.457 e. The van der Waals surface area contributed by atoms with Crippen molar-refractivity contribution in [2.75, 3.05) is 16.5 Å². The second-order valence-electron chi connectivity index (χ2n) is 24.2. The van der Waals surface area contributed by atoms with E-state index in [-0.39, 0.29) is 16.2 Å². The van der Waals surface area contributed by atoms with Gasteiger partial charge in [0.2, 0.25) is 0 Å². The van der Waals surface area contributed by atoms with Crippen molar-refractivity contribution in [2.24, 2.45) is 0 Å². The topological polar surface area (TPSA) is 38.5 Å². The van der Waals surface area contributed by atoms with Gasteiger partial charge in [-0.15, -0.1) is 0 Å². The predicted octanol–water partition coefficient (Wildman–Crippen LogP) is 19.5. The molecular weight excluding hydrogens is 951 g/mol. The molecule has 0 atom stereocenters. The first-order valence-electron chi connectivity index (χ1n) is 27.4. The molecule has 1 aliphatic rings. The van der Waals surface area contributed by atoms with Crippen LogP contribution in [0.4, 0.5) is 22.7 Å². The Morgan fingerprint density at radius 1 is 0.385 bits per heavy atom. The summed E-state index contributed by atoms with van der Waals surface area (Å²) in [7, 11) is 0. The monoisotopic (exact) mass is 1020 g/mol. The number of hydrogen-bond acceptors (Lipinski definition) is 4. The third-order valence-corrected chi connectivity index (χ3v) is 15.9. The predicted molar refractivity (Wildman–Crippen MR) is 328 cm³/mol. The lowest BCUT2D eigenvalue weighted by molar-refractivity contribution is 0.483. The molecule has 1 aliphatic heterocycles. The molecule has 0 saturated heterocycles. The van der Waals surface area contributed by atoms with E-state index >= 15 is 0 Å². The van der Waals surface area contributed by atoms with Gasteiger partial charge in [0, 0.05) is 62.5 Å². The van der Waals surface area contributed by atoms with E-state index in [9.17, 15) is 0 Å². The molecular formula is C72H65N5O. The van der Waals surface area contributed by atoms with E-state index in [0.717, 1.165) is 67.3 Å². The lowest BCUT2D eigenvalue weighted by atomic mass is 9.80. The maximum absolute atomic E-state index is 7.25. The van der Waals surface area contributed by atoms with Crippen LogP contribution < -0.4 is 14.5 Å². The molecule has 9 aromatic carbocycles. The molecule has 384 valence electrons. The zero-order chi connectivity index (χ0) is 53.7. The third kappa shape index (κ3) is 8.47. The molecule has 13 rings (SSSR count). The minimum atomic E-state index is -0.0734. The number of anilines is 4. The Balaban J connectivity index is 0.976. The summed E-state index contributed by atoms with van der Waals surface area (Å²) >= 11 is 0. The Morgan fingerprint density at radius 2 is 0.974 bits per heavy atom. The van der Waals surface area contributed by atoms with Crippen molar-refractivity contribution in [2.45, 2.75) is 78.6 Å². The number of nitrogens with zero attached hydrogens (tertiary/aromatic N) is 5. The molecule has 12 aromatic rings. The molecule has 0 unspecified atom stereocenters. The Labute approximate surface area is 458 Å². The van der Waals surface area contributed by atoms with E-state index in [0.29, 0.717) is 6.67 Å². The number of ether oxygens (including phenoxy) is 1. The molecule has 0 spiro atoms. The van der Waals surface area contributed by atoms with Crippen LogP contribution in [0.5, 0.6) is 11.5 Å². The van der Waals surface area contributed by atoms with Crippen LogP contribution in [0.3, 0.4) is 0 Å². The maximum atomic E-state index is 7.25. The van der Waals surface area contributed by atoms with E-state index in [1.807, 2.05) is 6.20 Å². The second kappa shape index (κ2) is 18.4. The van der Waals surface area contributed by atoms with Gasteiger partial charge >= 0.3 is 0 Å². The van der Waals surface area contributed by atoms with Gasteiger partial charge in [-0.05, 0) is 128 Å². The van der Waals surface area contributed by atoms with Crippen LogP contribution >= 0.6 is 0 Å². The van der Waals surface area contributed by atoms with E-state index in [4.69, 9.17) is 9.72 Å². The summed E-state index contributed by atoms with van der Waals surface area (Å²) in [6.07, 6.45) is 1.95. The summed E-state index contributed by atoms with van der Waals surface area (Å²) in [6.45, 7) is 21.3. The van der Waals surface area contributed by atoms with Gasteiger partial charge in [0.15, 0.2) is 0 Å². The Bertz CT molecular complexity index is 4210. The molecule has 0 bridgehead atoms. The Morgan fingerprint density at radius 3 is 1.65 bits per heavy atom. The average molecular weight is 1020 g/mol. The van der Waals surface area contributed by atoms with Gasteiger partial charge in [0.1, 0.15) is 24.0 Å². The first-order chi connectivity index (χ1) is 37.6. The summed E-state index contributed by atoms with van der Waals surface area (Å²) in [5.74, 6) is 2.35. The van der Waals surface area contributed by atoms with E-state index in [2.05, 4.69) is 294 Å². The fourth-order valence-corrected chi connectivity index (χ4v) is 11.7. The standard InChI is InChI=1S/C72H65N5O/c1-70(2,3)49-36-37-73-67(42-49)77-64-34-18-15-30-60(64)68-61(48-24-19-26-53(38-48)76-62-32-16-13-28-58(62)59-29-14-17-33-63(59)76)44-56(45-66(68)77)78-55-27-20-25-52(43-55)74-46-75(54-40-50(71(4,5)6)39-51(41-54)72(7,8)9)69-57(31-21-35-65(69)74)47-22-11-10-12-23-47/h10-45H,46H2,1-9H3. The van der Waals surface area contributed by atoms with Crippen molar-refractivity contribution in [3.05, 3.63) is 235 Å². The normalized spacial score (nSPS) is 13.1. The quantitative estimate of drug-likeness (QED) is 0.152. The summed E-state index contributed by atoms with van der Waals surface area (Å²) in [5, 5.41) is 4.76. The van der Waals surface area contributed by atoms with Gasteiger partial charge in [-0.25, -0.2) is 4.98 Å². The van der Waals surface area contributed by atoms with Crippen LogP contribution in [0.1, 0.15) is 79.0 Å². The smallest absolute Gasteiger partial charge is 0.137 e. The second-order valence-corrected chi connectivity index (χ2v) is 24.2. The molecule has 78 heavy (non-hydrogen) atoms. The largest absolute Gasteiger partial charge is 0.457 e. The first kappa shape index (κ1) is 48.8. The Kier molecular flexibility index (Phi) is 11.5. The summed E-state index contributed by atoms with van der Waals surface area (Å²) < 4.78 is 12.0. The third-order valence-electron chi connectivity index (χ3n) is 15.9. The van der Waals surface area contributed by atoms with E-state index in [1.165, 1.54) is 61.0 Å². The van der Waals surface area contributed by atoms with Crippen molar-refractivity contribution in [3.63, 3.8) is 0 Å². The molecule has 4 heterocycles. The molecule has 3 aromatic heterocycles. The van der Waals surface area contributed by atoms with E-state index in [1.54, 1.807) is 0 Å². The number of rotatable bonds is 8. The van der Waals surface area contributed by atoms with Crippen molar-refractivity contribution in [3.8, 4) is 45.3 Å². The first-order valence-corrected chi connectivity index (χ1v) is 27.4. The highest BCUT2D eigenvalue weighted by Crippen LogP contribution is 2.51. The van der Waals surface area contributed by atoms with Crippen LogP contribution in [0.15, 0.2) is 219 Å². The van der Waals surface area contributed by atoms with Crippen LogP contribution in [-0.4, -0.2) is 20.8 Å². The molecule has 0 amide bonds. The van der Waals surface area contributed by atoms with Crippen LogP contribution in [0, 0.1) is 0 Å². The fourth-order valence-electron chi connectivity index (χ4n) is 11.7. The lowest BCUT2D eigenvalue weighted by Gasteiger charge is -2.30. The zero-order valence-corrected chi connectivity index (χ0v) is 46.1. The van der Waals surface area contributed by atoms with Gasteiger partial charge in [-0.2, -0.15) is 0 Å². The summed E-state index contributed by atoms with van der Waals surface area (Å²) in [4.78, 5) is 10.0. The van der Waals surface area contributed by atoms with Gasteiger partial charge in [0.05, 0.1) is 33.4 Å². The van der Waals surface area contributed by atoms with E-state index < -0.39 is 0 Å². The number of benzene rings is 9. The highest BCUT2D eigenvalue weighted by molar-refractivity contribution is 6.16. The number of fused-ring (bicyclic) bond motifs is 7. The molecule has 0 saturated carbocycles. The Hall–Kier alpha value is -8.87. The summed E-state index contributed by atoms with van der Waals surface area (Å²) in [6, 6.07) is 77.4. The van der Waals surface area contributed by atoms with Crippen molar-refractivity contribution in [1.82, 2.24) is 14.1 Å². The lowest BCUT2D eigenvalue weighted by Crippen LogP contribution is -2.25. The zero-order valence-electron chi connectivity index (χ0n) is 46.1. The molecule has 0 N–H and O–H groups in total. The molecule has 0 fully saturated rings. The van der Waals surface area contributed by atoms with Crippen LogP contribution in [0.25, 0.3) is 77.4 Å². The number of aromatic nitrogens is 3. The number of pyridine rings is 1. The van der Waals surface area contributed by atoms with Gasteiger partial charge in [-0.3, -0.25) is 4.57 Å². The SMILES string of the molecule is CC(C)(C)c1cc(N2CN(c3cccc(Oc4cc(-c5cccc(-n6c7ccccc7c7ccccc76)c5)c5c6ccccc6n(-c6cc(C(C)(C)C)ccn6)c5c4)c3)c3cccc(-c4ccccc4)c32)cc(C(C)(C)C)c1. The number of hydrogen-bond donors (Lipinski definition) is 0. The van der Waals surface area contributed by atoms with Crippen LogP contribution in [-0.2, 0) is 16.2 Å². The average Bonchev–Trinajstić information content (AvgIpc) is 4.29. The molecule has 6 nitrogen and oxygen atoms in total. The number of para-hydroxylation sites is 4.